The molecule has 0 fully saturated rings. The monoisotopic (exact) mass is 712 g/mol. The van der Waals surface area contributed by atoms with E-state index < -0.39 is 0 Å². The molecule has 0 aliphatic heterocycles. The Bertz CT molecular complexity index is 1730. The Morgan fingerprint density at radius 1 is 0.477 bits per heavy atom. The van der Waals surface area contributed by atoms with Gasteiger partial charge in [0.15, 0.2) is 0 Å². The molecule has 0 aliphatic rings. The molecule has 0 radical (unpaired) electrons. The molecular formula is C40H44Cl2SiZr-2. The second kappa shape index (κ2) is 16.4. The van der Waals surface area contributed by atoms with E-state index in [1.54, 1.807) is 23.3 Å². The Morgan fingerprint density at radius 2 is 0.773 bits per heavy atom. The summed E-state index contributed by atoms with van der Waals surface area (Å²) in [4.78, 5) is 0. The summed E-state index contributed by atoms with van der Waals surface area (Å²) in [5.74, 6) is 0. The normalized spacial score (nSPS) is 10.3. The Morgan fingerprint density at radius 3 is 1.07 bits per heavy atom. The van der Waals surface area contributed by atoms with E-state index in [0.717, 1.165) is 0 Å². The summed E-state index contributed by atoms with van der Waals surface area (Å²) in [6, 6.07) is 31.7. The van der Waals surface area contributed by atoms with Gasteiger partial charge in [0.1, 0.15) is 0 Å². The Hall–Kier alpha value is -2.22. The summed E-state index contributed by atoms with van der Waals surface area (Å²) in [7, 11) is 0. The van der Waals surface area contributed by atoms with Crippen LogP contribution in [0, 0.1) is 55.4 Å². The Kier molecular flexibility index (Phi) is 14.1. The minimum atomic E-state index is 0. The topological polar surface area (TPSA) is 0 Å². The van der Waals surface area contributed by atoms with Crippen molar-refractivity contribution in [2.45, 2.75) is 68.5 Å². The fourth-order valence-corrected chi connectivity index (χ4v) is 6.09. The van der Waals surface area contributed by atoms with Crippen LogP contribution in [-0.2, 0) is 23.3 Å². The maximum absolute atomic E-state index is 2.31. The van der Waals surface area contributed by atoms with Crippen molar-refractivity contribution in [3.8, 4) is 22.3 Å². The van der Waals surface area contributed by atoms with Gasteiger partial charge in [0.25, 0.3) is 0 Å². The zero-order chi connectivity index (χ0) is 30.7. The van der Waals surface area contributed by atoms with Crippen molar-refractivity contribution < 1.29 is 48.1 Å². The van der Waals surface area contributed by atoms with Crippen molar-refractivity contribution in [1.29, 1.82) is 0 Å². The van der Waals surface area contributed by atoms with Crippen molar-refractivity contribution in [3.63, 3.8) is 0 Å². The first-order valence-electron chi connectivity index (χ1n) is 14.8. The van der Waals surface area contributed by atoms with Gasteiger partial charge in [-0.25, -0.2) is 0 Å². The fourth-order valence-electron chi connectivity index (χ4n) is 6.09. The first-order valence-corrected chi connectivity index (χ1v) is 21.0. The third-order valence-corrected chi connectivity index (χ3v) is 7.51. The van der Waals surface area contributed by atoms with Crippen LogP contribution < -0.4 is 24.8 Å². The van der Waals surface area contributed by atoms with E-state index in [9.17, 15) is 0 Å². The number of aryl methyl sites for hydroxylation is 8. The maximum atomic E-state index is 2.31. The number of hydrogen-bond acceptors (Lipinski definition) is 0. The average molecular weight is 715 g/mol. The molecule has 0 unspecified atom stereocenters. The van der Waals surface area contributed by atoms with E-state index in [1.807, 2.05) is 0 Å². The molecule has 6 rings (SSSR count). The molecule has 0 spiro atoms. The summed E-state index contributed by atoms with van der Waals surface area (Å²) in [5.41, 5.74) is 16.4. The van der Waals surface area contributed by atoms with Crippen molar-refractivity contribution in [2.24, 2.45) is 0 Å². The second-order valence-corrected chi connectivity index (χ2v) is 21.7. The molecule has 0 saturated heterocycles. The number of rotatable bonds is 2. The number of halogens is 2. The Balaban J connectivity index is 0.000000263. The minimum Gasteiger partial charge on any atom is -1.00 e. The van der Waals surface area contributed by atoms with Gasteiger partial charge in [0, 0.05) is 0 Å². The van der Waals surface area contributed by atoms with Gasteiger partial charge >= 0.3 is 41.9 Å². The van der Waals surface area contributed by atoms with Crippen LogP contribution in [0.3, 0.4) is 0 Å². The molecule has 0 aliphatic carbocycles. The van der Waals surface area contributed by atoms with Crippen molar-refractivity contribution in [3.05, 3.63) is 129 Å². The molecule has 0 amide bonds. The molecule has 6 aromatic rings. The quantitative estimate of drug-likeness (QED) is 0.159. The predicted octanol–water partition coefficient (Wildman–Crippen LogP) is 5.71. The molecule has 0 saturated carbocycles. The van der Waals surface area contributed by atoms with E-state index in [2.05, 4.69) is 153 Å². The van der Waals surface area contributed by atoms with Crippen molar-refractivity contribution in [1.82, 2.24) is 0 Å². The summed E-state index contributed by atoms with van der Waals surface area (Å²) >= 11 is 1.74. The molecule has 6 aromatic carbocycles. The van der Waals surface area contributed by atoms with Gasteiger partial charge in [-0.05, 0) is 52.7 Å². The third-order valence-electron chi connectivity index (χ3n) is 7.51. The van der Waals surface area contributed by atoms with Crippen LogP contribution in [0.5, 0.6) is 0 Å². The van der Waals surface area contributed by atoms with Crippen LogP contribution in [0.1, 0.15) is 44.5 Å². The van der Waals surface area contributed by atoms with E-state index >= 15 is 0 Å². The number of hydrogen-bond donors (Lipinski definition) is 0. The summed E-state index contributed by atoms with van der Waals surface area (Å²) in [6.07, 6.45) is 0. The van der Waals surface area contributed by atoms with Crippen molar-refractivity contribution in [2.75, 3.05) is 0 Å². The van der Waals surface area contributed by atoms with Crippen molar-refractivity contribution >= 4 is 27.0 Å². The zero-order valence-electron chi connectivity index (χ0n) is 27.8. The molecule has 0 atom stereocenters. The second-order valence-electron chi connectivity index (χ2n) is 12.3. The molecule has 44 heavy (non-hydrogen) atoms. The van der Waals surface area contributed by atoms with Crippen LogP contribution in [0.25, 0.3) is 43.8 Å². The van der Waals surface area contributed by atoms with Gasteiger partial charge in [0.2, 0.25) is 0 Å². The SMILES string of the molecule is C[Si](C)=[Zr+2].Cc1cc(C)cc(-c2c(C)ccc3[cH-]c(C)cc23)c1.Cc1cc(C)cc(-c2c(C)ccc3[cH-]c(C)cc23)c1.[Cl-].[Cl-]. The predicted molar refractivity (Wildman–Crippen MR) is 185 cm³/mol. The smallest absolute Gasteiger partial charge is 0.0271 e. The zero-order valence-corrected chi connectivity index (χ0v) is 32.8. The molecule has 0 heterocycles. The standard InChI is InChI=1S/2C19H19.C2H6Si.2ClH.Zr/c2*1-12-7-13(2)10-17(9-12)19-15(4)5-6-16-8-14(3)11-18(16)19;1-3-2;;;/h2*5-11H,1-4H3;1-2H3;2*1H;/q2*-1;;;;+2/p-2. The first-order chi connectivity index (χ1) is 19.8. The maximum Gasteiger partial charge on any atom is -0.0271 e. The molecular weight excluding hydrogens is 671 g/mol. The van der Waals surface area contributed by atoms with Gasteiger partial charge in [-0.15, -0.1) is 69.1 Å². The number of fused-ring (bicyclic) bond motifs is 2. The van der Waals surface area contributed by atoms with Crippen LogP contribution >= 0.6 is 0 Å². The summed E-state index contributed by atoms with van der Waals surface area (Å²) in [5, 5.41) is 5.44. The summed E-state index contributed by atoms with van der Waals surface area (Å²) in [6.45, 7) is 22.0. The van der Waals surface area contributed by atoms with Gasteiger partial charge in [-0.1, -0.05) is 94.8 Å². The fraction of sp³-hybridized carbons (Fsp3) is 0.250. The van der Waals surface area contributed by atoms with E-state index in [0.29, 0.717) is 0 Å². The van der Waals surface area contributed by atoms with E-state index in [4.69, 9.17) is 0 Å². The molecule has 228 valence electrons. The Labute approximate surface area is 293 Å². The average Bonchev–Trinajstić information content (AvgIpc) is 3.43. The molecule has 0 nitrogen and oxygen atoms in total. The molecule has 4 heteroatoms. The van der Waals surface area contributed by atoms with Gasteiger partial charge in [-0.2, -0.15) is 12.1 Å². The largest absolute Gasteiger partial charge is 1.00 e. The first kappa shape index (κ1) is 38.0. The molecule has 0 bridgehead atoms. The van der Waals surface area contributed by atoms with E-state index in [1.165, 1.54) is 88.3 Å². The van der Waals surface area contributed by atoms with Crippen LogP contribution in [0.4, 0.5) is 0 Å². The van der Waals surface area contributed by atoms with Crippen LogP contribution in [0.2, 0.25) is 13.1 Å². The summed E-state index contributed by atoms with van der Waals surface area (Å²) < 4.78 is 0. The van der Waals surface area contributed by atoms with Crippen LogP contribution in [0.15, 0.2) is 84.9 Å². The van der Waals surface area contributed by atoms with E-state index in [-0.39, 0.29) is 30.2 Å². The van der Waals surface area contributed by atoms with Gasteiger partial charge in [0.05, 0.1) is 0 Å². The van der Waals surface area contributed by atoms with Gasteiger partial charge in [-0.3, -0.25) is 0 Å². The molecule has 0 N–H and O–H groups in total. The minimum absolute atomic E-state index is 0. The third kappa shape index (κ3) is 9.40. The number of benzene rings is 4. The molecule has 0 aromatic heterocycles. The van der Waals surface area contributed by atoms with Gasteiger partial charge < -0.3 is 24.8 Å². The van der Waals surface area contributed by atoms with Crippen LogP contribution in [-0.4, -0.2) is 5.43 Å².